The number of nitrogens with zero attached hydrogens (tertiary/aromatic N) is 4. The Morgan fingerprint density at radius 3 is 2.83 bits per heavy atom. The lowest BCUT2D eigenvalue weighted by atomic mass is 10.2. The lowest BCUT2D eigenvalue weighted by Gasteiger charge is -2.34. The molecular formula is C16H23FN6O. The van der Waals surface area contributed by atoms with Crippen LogP contribution in [0.5, 0.6) is 0 Å². The number of halogens is 1. The number of piperazine rings is 1. The molecule has 2 atom stereocenters. The summed E-state index contributed by atoms with van der Waals surface area (Å²) < 4.78 is 19.0. The highest BCUT2D eigenvalue weighted by molar-refractivity contribution is 5.79. The van der Waals surface area contributed by atoms with Gasteiger partial charge in [0, 0.05) is 31.9 Å². The second-order valence-electron chi connectivity index (χ2n) is 6.55. The number of imidazole rings is 1. The number of nitrogens with one attached hydrogen (secondary N) is 1. The number of hydrazine groups is 1. The number of nitrogens with two attached hydrogens (primary N) is 1. The molecule has 3 N–H and O–H groups in total. The Balaban J connectivity index is 1.59. The molecule has 2 aliphatic rings. The number of H-pyrrole nitrogens is 1. The van der Waals surface area contributed by atoms with E-state index in [-0.39, 0.29) is 6.61 Å². The molecule has 130 valence electrons. The Labute approximate surface area is 140 Å². The fourth-order valence-electron chi connectivity index (χ4n) is 3.30. The maximum atomic E-state index is 13.7. The van der Waals surface area contributed by atoms with Crippen molar-refractivity contribution in [3.63, 3.8) is 0 Å². The summed E-state index contributed by atoms with van der Waals surface area (Å²) in [5.74, 6) is 6.49. The van der Waals surface area contributed by atoms with Gasteiger partial charge in [-0.3, -0.25) is 5.84 Å². The van der Waals surface area contributed by atoms with Crippen molar-refractivity contribution in [2.24, 2.45) is 5.84 Å². The molecule has 2 aromatic rings. The van der Waals surface area contributed by atoms with Gasteiger partial charge in [0.2, 0.25) is 0 Å². The summed E-state index contributed by atoms with van der Waals surface area (Å²) in [5.41, 5.74) is 2.98. The number of alkyl halides is 1. The number of aromatic amines is 1. The lowest BCUT2D eigenvalue weighted by molar-refractivity contribution is -0.103. The third-order valence-corrected chi connectivity index (χ3v) is 4.88. The largest absolute Gasteiger partial charge is 0.375 e. The molecular weight excluding hydrogens is 311 g/mol. The number of hydrogen-bond acceptors (Lipinski definition) is 6. The average Bonchev–Trinajstić information content (AvgIpc) is 3.01. The highest BCUT2D eigenvalue weighted by atomic mass is 19.1. The number of benzene rings is 1. The molecule has 2 saturated heterocycles. The van der Waals surface area contributed by atoms with Crippen LogP contribution in [0, 0.1) is 0 Å². The van der Waals surface area contributed by atoms with Crippen molar-refractivity contribution in [2.75, 3.05) is 51.3 Å². The molecule has 0 aliphatic carbocycles. The number of fused-ring (bicyclic) bond motifs is 1. The second kappa shape index (κ2) is 6.29. The van der Waals surface area contributed by atoms with Crippen LogP contribution in [-0.2, 0) is 4.74 Å². The summed E-state index contributed by atoms with van der Waals surface area (Å²) in [6, 6.07) is 5.80. The smallest absolute Gasteiger partial charge is 0.189 e. The number of ether oxygens (including phenoxy) is 1. The van der Waals surface area contributed by atoms with Crippen molar-refractivity contribution in [1.29, 1.82) is 0 Å². The van der Waals surface area contributed by atoms with Gasteiger partial charge < -0.3 is 19.5 Å². The fourth-order valence-corrected chi connectivity index (χ4v) is 3.30. The maximum absolute atomic E-state index is 13.7. The zero-order chi connectivity index (χ0) is 16.7. The fraction of sp³-hybridized carbons (Fsp3) is 0.562. The molecule has 24 heavy (non-hydrogen) atoms. The Bertz CT molecular complexity index is 714. The van der Waals surface area contributed by atoms with Crippen LogP contribution < -0.4 is 10.7 Å². The number of anilines is 1. The Hall–Kier alpha value is -1.74. The van der Waals surface area contributed by atoms with Crippen molar-refractivity contribution in [3.05, 3.63) is 24.0 Å². The monoisotopic (exact) mass is 334 g/mol. The van der Waals surface area contributed by atoms with Gasteiger partial charge in [-0.1, -0.05) is 0 Å². The van der Waals surface area contributed by atoms with E-state index < -0.39 is 12.3 Å². The van der Waals surface area contributed by atoms with Crippen LogP contribution in [0.2, 0.25) is 0 Å². The summed E-state index contributed by atoms with van der Waals surface area (Å²) in [6.07, 6.45) is -1.31. The zero-order valence-corrected chi connectivity index (χ0v) is 13.8. The molecule has 2 unspecified atom stereocenters. The SMILES string of the molecule is CN1CCN(c2ccc3nc(C4COCC(F)N4N)[nH]c3c2)CC1. The topological polar surface area (TPSA) is 73.7 Å². The first kappa shape index (κ1) is 15.8. The van der Waals surface area contributed by atoms with Gasteiger partial charge >= 0.3 is 0 Å². The normalized spacial score (nSPS) is 27.0. The van der Waals surface area contributed by atoms with Gasteiger partial charge in [-0.2, -0.15) is 5.01 Å². The lowest BCUT2D eigenvalue weighted by Crippen LogP contribution is -2.49. The Morgan fingerprint density at radius 1 is 1.25 bits per heavy atom. The predicted octanol–water partition coefficient (Wildman–Crippen LogP) is 0.857. The van der Waals surface area contributed by atoms with Crippen molar-refractivity contribution in [3.8, 4) is 0 Å². The van der Waals surface area contributed by atoms with Crippen LogP contribution in [0.15, 0.2) is 18.2 Å². The Kier molecular flexibility index (Phi) is 4.13. The van der Waals surface area contributed by atoms with Crippen molar-refractivity contribution in [1.82, 2.24) is 19.9 Å². The molecule has 1 aromatic heterocycles. The van der Waals surface area contributed by atoms with Gasteiger partial charge in [0.1, 0.15) is 11.9 Å². The highest BCUT2D eigenvalue weighted by Crippen LogP contribution is 2.27. The molecule has 0 amide bonds. The number of aromatic nitrogens is 2. The van der Waals surface area contributed by atoms with E-state index in [0.29, 0.717) is 12.4 Å². The summed E-state index contributed by atoms with van der Waals surface area (Å²) in [6.45, 7) is 4.49. The van der Waals surface area contributed by atoms with Crippen LogP contribution in [0.3, 0.4) is 0 Å². The van der Waals surface area contributed by atoms with Gasteiger partial charge in [-0.05, 0) is 25.2 Å². The summed E-state index contributed by atoms with van der Waals surface area (Å²) in [4.78, 5) is 12.6. The van der Waals surface area contributed by atoms with Gasteiger partial charge in [0.25, 0.3) is 0 Å². The maximum Gasteiger partial charge on any atom is 0.189 e. The minimum atomic E-state index is -1.31. The van der Waals surface area contributed by atoms with Gasteiger partial charge in [0.15, 0.2) is 6.30 Å². The van der Waals surface area contributed by atoms with Crippen LogP contribution in [0.25, 0.3) is 11.0 Å². The molecule has 2 aliphatic heterocycles. The summed E-state index contributed by atoms with van der Waals surface area (Å²) in [5, 5.41) is 1.18. The molecule has 3 heterocycles. The van der Waals surface area contributed by atoms with E-state index in [1.807, 2.05) is 6.07 Å². The van der Waals surface area contributed by atoms with Crippen LogP contribution in [0.4, 0.5) is 10.1 Å². The summed E-state index contributed by atoms with van der Waals surface area (Å²) in [7, 11) is 2.14. The van der Waals surface area contributed by atoms with E-state index in [4.69, 9.17) is 10.6 Å². The Morgan fingerprint density at radius 2 is 2.04 bits per heavy atom. The number of rotatable bonds is 2. The van der Waals surface area contributed by atoms with Gasteiger partial charge in [0.05, 0.1) is 24.2 Å². The van der Waals surface area contributed by atoms with E-state index in [2.05, 4.69) is 38.9 Å². The van der Waals surface area contributed by atoms with E-state index in [1.165, 1.54) is 10.7 Å². The van der Waals surface area contributed by atoms with Crippen molar-refractivity contribution in [2.45, 2.75) is 12.3 Å². The van der Waals surface area contributed by atoms with Crippen LogP contribution in [-0.4, -0.2) is 72.6 Å². The van der Waals surface area contributed by atoms with Crippen molar-refractivity contribution >= 4 is 16.7 Å². The highest BCUT2D eigenvalue weighted by Gasteiger charge is 2.32. The van der Waals surface area contributed by atoms with E-state index in [1.54, 1.807) is 0 Å². The molecule has 8 heteroatoms. The first-order chi connectivity index (χ1) is 11.6. The average molecular weight is 334 g/mol. The van der Waals surface area contributed by atoms with E-state index in [0.717, 1.165) is 37.2 Å². The third kappa shape index (κ3) is 2.86. The zero-order valence-electron chi connectivity index (χ0n) is 13.8. The molecule has 1 aromatic carbocycles. The van der Waals surface area contributed by atoms with Crippen LogP contribution in [0.1, 0.15) is 11.9 Å². The van der Waals surface area contributed by atoms with E-state index in [9.17, 15) is 4.39 Å². The number of hydrogen-bond donors (Lipinski definition) is 2. The molecule has 0 saturated carbocycles. The molecule has 2 fully saturated rings. The molecule has 0 spiro atoms. The minimum Gasteiger partial charge on any atom is -0.375 e. The van der Waals surface area contributed by atoms with Crippen LogP contribution >= 0.6 is 0 Å². The third-order valence-electron chi connectivity index (χ3n) is 4.88. The first-order valence-electron chi connectivity index (χ1n) is 8.30. The van der Waals surface area contributed by atoms with Gasteiger partial charge in [-0.25, -0.2) is 9.37 Å². The van der Waals surface area contributed by atoms with Crippen molar-refractivity contribution < 1.29 is 9.13 Å². The number of morpholine rings is 1. The molecule has 0 bridgehead atoms. The summed E-state index contributed by atoms with van der Waals surface area (Å²) >= 11 is 0. The number of likely N-dealkylation sites (N-methyl/N-ethyl adjacent to an activating group) is 1. The van der Waals surface area contributed by atoms with E-state index >= 15 is 0 Å². The standard InChI is InChI=1S/C16H23FN6O/c1-21-4-6-22(7-5-21)11-2-3-12-13(8-11)20-16(19-12)14-9-24-10-15(17)23(14)18/h2-3,8,14-15H,4-7,9-10,18H2,1H3,(H,19,20). The second-order valence-corrected chi connectivity index (χ2v) is 6.55. The minimum absolute atomic E-state index is 0.000777. The predicted molar refractivity (Wildman–Crippen MR) is 90.3 cm³/mol. The molecule has 4 rings (SSSR count). The van der Waals surface area contributed by atoms with Gasteiger partial charge in [-0.15, -0.1) is 0 Å². The quantitative estimate of drug-likeness (QED) is 0.627. The molecule has 7 nitrogen and oxygen atoms in total. The first-order valence-corrected chi connectivity index (χ1v) is 8.30. The molecule has 0 radical (unpaired) electrons.